The molecule has 0 fully saturated rings. The van der Waals surface area contributed by atoms with Crippen LogP contribution in [0.2, 0.25) is 10.4 Å². The maximum atomic E-state index is 12.0. The maximum absolute atomic E-state index is 12.0. The van der Waals surface area contributed by atoms with E-state index in [9.17, 15) is 9.90 Å². The van der Waals surface area contributed by atoms with Gasteiger partial charge >= 0.3 is 0 Å². The van der Waals surface area contributed by atoms with Crippen molar-refractivity contribution in [1.29, 1.82) is 0 Å². The topological polar surface area (TPSA) is 84.3 Å². The van der Waals surface area contributed by atoms with E-state index in [2.05, 4.69) is 15.3 Å². The number of carbonyl (C=O) groups excluding carboxylic acids is 1. The Kier molecular flexibility index (Phi) is 4.26. The van der Waals surface area contributed by atoms with Gasteiger partial charge in [0, 0.05) is 12.1 Å². The minimum atomic E-state index is -0.559. The number of aromatic hydroxyl groups is 1. The van der Waals surface area contributed by atoms with Crippen LogP contribution in [0, 0.1) is 0 Å². The van der Waals surface area contributed by atoms with Crippen molar-refractivity contribution < 1.29 is 14.6 Å². The van der Waals surface area contributed by atoms with Crippen LogP contribution in [0.3, 0.4) is 0 Å². The number of phenolic OH excluding ortho intramolecular Hbond substituents is 1. The molecular weight excluding hydrogens is 305 g/mol. The summed E-state index contributed by atoms with van der Waals surface area (Å²) in [4.78, 5) is 19.5. The number of carbonyl (C=O) groups is 1. The third-order valence-electron chi connectivity index (χ3n) is 2.36. The van der Waals surface area contributed by atoms with Crippen LogP contribution in [0.5, 0.6) is 11.5 Å². The second-order valence-electron chi connectivity index (χ2n) is 3.68. The van der Waals surface area contributed by atoms with Crippen molar-refractivity contribution in [1.82, 2.24) is 9.97 Å². The maximum Gasteiger partial charge on any atom is 0.260 e. The van der Waals surface area contributed by atoms with Crippen molar-refractivity contribution in [3.8, 4) is 11.5 Å². The molecule has 0 unspecified atom stereocenters. The highest BCUT2D eigenvalue weighted by atomic mass is 35.5. The molecule has 20 heavy (non-hydrogen) atoms. The number of rotatable bonds is 3. The Hall–Kier alpha value is -2.05. The summed E-state index contributed by atoms with van der Waals surface area (Å²) in [6.07, 6.45) is 0. The molecule has 1 amide bonds. The first-order chi connectivity index (χ1) is 9.49. The van der Waals surface area contributed by atoms with Crippen molar-refractivity contribution in [2.75, 3.05) is 12.4 Å². The van der Waals surface area contributed by atoms with Crippen molar-refractivity contribution in [2.45, 2.75) is 0 Å². The lowest BCUT2D eigenvalue weighted by atomic mass is 10.2. The number of phenols is 1. The van der Waals surface area contributed by atoms with E-state index in [1.165, 1.54) is 25.3 Å². The largest absolute Gasteiger partial charge is 0.507 e. The lowest BCUT2D eigenvalue weighted by Gasteiger charge is -2.08. The van der Waals surface area contributed by atoms with Crippen LogP contribution in [0.4, 0.5) is 5.82 Å². The van der Waals surface area contributed by atoms with Gasteiger partial charge < -0.3 is 15.2 Å². The van der Waals surface area contributed by atoms with Crippen LogP contribution in [0.25, 0.3) is 0 Å². The molecule has 2 rings (SSSR count). The summed E-state index contributed by atoms with van der Waals surface area (Å²) in [6.45, 7) is 0. The molecule has 0 spiro atoms. The van der Waals surface area contributed by atoms with Crippen molar-refractivity contribution in [2.24, 2.45) is 0 Å². The fourth-order valence-electron chi connectivity index (χ4n) is 1.47. The smallest absolute Gasteiger partial charge is 0.260 e. The Morgan fingerprint density at radius 1 is 1.30 bits per heavy atom. The number of anilines is 1. The van der Waals surface area contributed by atoms with E-state index in [0.29, 0.717) is 5.75 Å². The Labute approximate surface area is 124 Å². The van der Waals surface area contributed by atoms with Gasteiger partial charge in [-0.2, -0.15) is 0 Å². The van der Waals surface area contributed by atoms with E-state index in [4.69, 9.17) is 27.9 Å². The molecule has 0 saturated carbocycles. The summed E-state index contributed by atoms with van der Waals surface area (Å²) in [5.41, 5.74) is 0.0663. The summed E-state index contributed by atoms with van der Waals surface area (Å²) in [6, 6.07) is 5.64. The van der Waals surface area contributed by atoms with Crippen molar-refractivity contribution in [3.05, 3.63) is 40.3 Å². The number of nitrogens with one attached hydrogen (secondary N) is 1. The Morgan fingerprint density at radius 2 is 2.05 bits per heavy atom. The molecular formula is C12H9Cl2N3O3. The molecule has 6 nitrogen and oxygen atoms in total. The molecule has 2 aromatic rings. The zero-order valence-electron chi connectivity index (χ0n) is 10.2. The van der Waals surface area contributed by atoms with Gasteiger partial charge in [-0.05, 0) is 23.7 Å². The first kappa shape index (κ1) is 14.4. The quantitative estimate of drug-likeness (QED) is 0.672. The molecule has 104 valence electrons. The molecule has 0 aliphatic carbocycles. The van der Waals surface area contributed by atoms with Crippen LogP contribution < -0.4 is 10.1 Å². The van der Waals surface area contributed by atoms with Crippen LogP contribution in [0.15, 0.2) is 24.3 Å². The molecule has 8 heteroatoms. The Morgan fingerprint density at radius 3 is 2.65 bits per heavy atom. The summed E-state index contributed by atoms with van der Waals surface area (Å²) in [7, 11) is 1.46. The predicted octanol–water partition coefficient (Wildman–Crippen LogP) is 2.75. The molecule has 0 aliphatic heterocycles. The molecule has 1 aromatic carbocycles. The minimum absolute atomic E-state index is 0.0663. The standard InChI is InChI=1S/C12H9Cl2N3O3/c1-20-6-2-3-7(8(18)4-6)11(19)16-10-5-9(13)15-12(14)17-10/h2-5,18H,1H3,(H,15,16,17,19). The Balaban J connectivity index is 2.23. The van der Waals surface area contributed by atoms with Gasteiger partial charge in [-0.25, -0.2) is 9.97 Å². The predicted molar refractivity (Wildman–Crippen MR) is 74.7 cm³/mol. The Bertz CT molecular complexity index is 644. The fourth-order valence-corrected chi connectivity index (χ4v) is 1.88. The lowest BCUT2D eigenvalue weighted by Crippen LogP contribution is -2.13. The lowest BCUT2D eigenvalue weighted by molar-refractivity contribution is 0.102. The normalized spacial score (nSPS) is 10.2. The van der Waals surface area contributed by atoms with Crippen LogP contribution in [-0.4, -0.2) is 28.1 Å². The summed E-state index contributed by atoms with van der Waals surface area (Å²) >= 11 is 11.3. The van der Waals surface area contributed by atoms with Gasteiger partial charge in [0.05, 0.1) is 12.7 Å². The second-order valence-corrected chi connectivity index (χ2v) is 4.41. The summed E-state index contributed by atoms with van der Waals surface area (Å²) in [5.74, 6) is -0.202. The molecule has 0 saturated heterocycles. The molecule has 1 aromatic heterocycles. The van der Waals surface area contributed by atoms with E-state index < -0.39 is 5.91 Å². The van der Waals surface area contributed by atoms with Crippen LogP contribution >= 0.6 is 23.2 Å². The van der Waals surface area contributed by atoms with E-state index in [0.717, 1.165) is 0 Å². The number of benzene rings is 1. The van der Waals surface area contributed by atoms with Gasteiger partial charge in [0.1, 0.15) is 22.5 Å². The number of amides is 1. The average Bonchev–Trinajstić information content (AvgIpc) is 2.36. The average molecular weight is 314 g/mol. The zero-order valence-corrected chi connectivity index (χ0v) is 11.7. The van der Waals surface area contributed by atoms with Gasteiger partial charge in [0.25, 0.3) is 5.91 Å². The van der Waals surface area contributed by atoms with Gasteiger partial charge in [-0.1, -0.05) is 11.6 Å². The fraction of sp³-hybridized carbons (Fsp3) is 0.0833. The van der Waals surface area contributed by atoms with E-state index in [1.54, 1.807) is 6.07 Å². The number of hydrogen-bond donors (Lipinski definition) is 2. The van der Waals surface area contributed by atoms with E-state index >= 15 is 0 Å². The first-order valence-electron chi connectivity index (χ1n) is 5.38. The molecule has 0 atom stereocenters. The number of nitrogens with zero attached hydrogens (tertiary/aromatic N) is 2. The monoisotopic (exact) mass is 313 g/mol. The second kappa shape index (κ2) is 5.94. The minimum Gasteiger partial charge on any atom is -0.507 e. The highest BCUT2D eigenvalue weighted by molar-refractivity contribution is 6.32. The third kappa shape index (κ3) is 3.28. The van der Waals surface area contributed by atoms with Gasteiger partial charge in [-0.3, -0.25) is 4.79 Å². The third-order valence-corrected chi connectivity index (χ3v) is 2.72. The van der Waals surface area contributed by atoms with Crippen LogP contribution in [0.1, 0.15) is 10.4 Å². The highest BCUT2D eigenvalue weighted by Crippen LogP contribution is 2.24. The molecule has 1 heterocycles. The number of ether oxygens (including phenoxy) is 1. The number of halogens is 2. The van der Waals surface area contributed by atoms with Crippen molar-refractivity contribution in [3.63, 3.8) is 0 Å². The number of methoxy groups -OCH3 is 1. The summed E-state index contributed by atoms with van der Waals surface area (Å²) < 4.78 is 4.93. The van der Waals surface area contributed by atoms with E-state index in [-0.39, 0.29) is 27.6 Å². The zero-order chi connectivity index (χ0) is 14.7. The van der Waals surface area contributed by atoms with Crippen LogP contribution in [-0.2, 0) is 0 Å². The number of aromatic nitrogens is 2. The SMILES string of the molecule is COc1ccc(C(=O)Nc2cc(Cl)nc(Cl)n2)c(O)c1. The van der Waals surface area contributed by atoms with Crippen molar-refractivity contribution >= 4 is 34.9 Å². The van der Waals surface area contributed by atoms with Gasteiger partial charge in [-0.15, -0.1) is 0 Å². The highest BCUT2D eigenvalue weighted by Gasteiger charge is 2.13. The van der Waals surface area contributed by atoms with E-state index in [1.807, 2.05) is 0 Å². The first-order valence-corrected chi connectivity index (χ1v) is 6.13. The summed E-state index contributed by atoms with van der Waals surface area (Å²) in [5, 5.41) is 12.2. The van der Waals surface area contributed by atoms with Gasteiger partial charge in [0.2, 0.25) is 5.28 Å². The molecule has 2 N–H and O–H groups in total. The van der Waals surface area contributed by atoms with Gasteiger partial charge in [0.15, 0.2) is 0 Å². The molecule has 0 aliphatic rings. The molecule has 0 bridgehead atoms. The number of hydrogen-bond acceptors (Lipinski definition) is 5. The molecule has 0 radical (unpaired) electrons.